The number of hydrogen-bond donors (Lipinski definition) is 1. The van der Waals surface area contributed by atoms with Gasteiger partial charge in [-0.25, -0.2) is 19.3 Å². The number of ether oxygens (including phenoxy) is 1. The van der Waals surface area contributed by atoms with Gasteiger partial charge in [-0.3, -0.25) is 4.79 Å². The summed E-state index contributed by atoms with van der Waals surface area (Å²) < 4.78 is 61.8. The average molecular weight is 515 g/mol. The van der Waals surface area contributed by atoms with Crippen molar-refractivity contribution >= 4 is 34.1 Å². The van der Waals surface area contributed by atoms with E-state index in [4.69, 9.17) is 4.74 Å². The van der Waals surface area contributed by atoms with Crippen LogP contribution in [0.5, 0.6) is 0 Å². The Hall–Kier alpha value is -3.87. The summed E-state index contributed by atoms with van der Waals surface area (Å²) >= 11 is 0. The maximum atomic E-state index is 14.8. The van der Waals surface area contributed by atoms with E-state index in [1.54, 1.807) is 17.9 Å². The Morgan fingerprint density at radius 2 is 1.97 bits per heavy atom. The van der Waals surface area contributed by atoms with Crippen molar-refractivity contribution in [2.75, 3.05) is 23.4 Å². The molecule has 1 atom stereocenters. The van der Waals surface area contributed by atoms with Crippen molar-refractivity contribution in [2.45, 2.75) is 44.5 Å². The number of aromatic nitrogens is 5. The van der Waals surface area contributed by atoms with Gasteiger partial charge in [0, 0.05) is 5.56 Å². The van der Waals surface area contributed by atoms with E-state index in [1.807, 2.05) is 0 Å². The molecule has 0 radical (unpaired) electrons. The van der Waals surface area contributed by atoms with E-state index in [1.165, 1.54) is 23.8 Å². The Kier molecular flexibility index (Phi) is 5.13. The molecular formula is C24H21F4N7O2. The number of anilines is 2. The van der Waals surface area contributed by atoms with Crippen LogP contribution in [0.1, 0.15) is 42.8 Å². The molecule has 1 N–H and O–H groups in total. The van der Waals surface area contributed by atoms with Gasteiger partial charge in [-0.1, -0.05) is 12.1 Å². The van der Waals surface area contributed by atoms with Crippen molar-refractivity contribution in [3.05, 3.63) is 53.4 Å². The van der Waals surface area contributed by atoms with Crippen molar-refractivity contribution in [3.8, 4) is 0 Å². The summed E-state index contributed by atoms with van der Waals surface area (Å²) in [4.78, 5) is 27.6. The zero-order chi connectivity index (χ0) is 26.1. The van der Waals surface area contributed by atoms with Crippen LogP contribution in [-0.4, -0.2) is 49.2 Å². The molecule has 0 bridgehead atoms. The third-order valence-corrected chi connectivity index (χ3v) is 6.79. The number of carbonyl (C=O) groups excluding carboxylic acids is 1. The Morgan fingerprint density at radius 1 is 1.19 bits per heavy atom. The number of morpholine rings is 1. The topological polar surface area (TPSA) is 97.5 Å². The summed E-state index contributed by atoms with van der Waals surface area (Å²) in [5, 5.41) is 7.90. The van der Waals surface area contributed by atoms with Crippen LogP contribution >= 0.6 is 0 Å². The number of nitrogens with zero attached hydrogens (tertiary/aromatic N) is 6. The molecule has 2 aliphatic rings. The monoisotopic (exact) mass is 515 g/mol. The molecule has 4 aromatic rings. The fourth-order valence-corrected chi connectivity index (χ4v) is 4.69. The van der Waals surface area contributed by atoms with Gasteiger partial charge in [0.25, 0.3) is 5.91 Å². The number of halogens is 4. The molecule has 6 rings (SSSR count). The van der Waals surface area contributed by atoms with Crippen LogP contribution in [0.25, 0.3) is 16.7 Å². The van der Waals surface area contributed by atoms with E-state index in [0.29, 0.717) is 40.8 Å². The second-order valence-corrected chi connectivity index (χ2v) is 9.41. The molecule has 9 nitrogen and oxygen atoms in total. The van der Waals surface area contributed by atoms with Gasteiger partial charge in [-0.05, 0) is 38.8 Å². The molecule has 1 saturated heterocycles. The standard InChI is InChI=1S/C24H21F4N7O2/c1-12(14-4-3-5-16(19(14)25)24(26,27)28)31-20-15-8-17(34-10-23(6-7-23)37-9-18(34)36)22-32-13(2)33-35(22)21(15)30-11-29-20/h3-5,8,11-12H,6-7,9-10H2,1-2H3,(H,29,30,31)/t12-/m1/s1. The third-order valence-electron chi connectivity index (χ3n) is 6.79. The second kappa shape index (κ2) is 8.07. The summed E-state index contributed by atoms with van der Waals surface area (Å²) in [6, 6.07) is 3.98. The summed E-state index contributed by atoms with van der Waals surface area (Å²) in [5.74, 6) is -0.877. The number of alkyl halides is 3. The van der Waals surface area contributed by atoms with Crippen LogP contribution in [0, 0.1) is 12.7 Å². The zero-order valence-electron chi connectivity index (χ0n) is 19.8. The number of benzene rings is 1. The smallest absolute Gasteiger partial charge is 0.363 e. The van der Waals surface area contributed by atoms with Crippen molar-refractivity contribution in [2.24, 2.45) is 0 Å². The van der Waals surface area contributed by atoms with Crippen LogP contribution in [0.2, 0.25) is 0 Å². The molecule has 192 valence electrons. The summed E-state index contributed by atoms with van der Waals surface area (Å²) in [6.07, 6.45) is -1.85. The highest BCUT2D eigenvalue weighted by Gasteiger charge is 2.50. The summed E-state index contributed by atoms with van der Waals surface area (Å²) in [6.45, 7) is 3.56. The molecule has 13 heteroatoms. The lowest BCUT2D eigenvalue weighted by atomic mass is 10.0. The molecule has 1 aliphatic heterocycles. The number of fused-ring (bicyclic) bond motifs is 3. The number of hydrogen-bond acceptors (Lipinski definition) is 7. The highest BCUT2D eigenvalue weighted by atomic mass is 19.4. The molecule has 1 amide bonds. The molecule has 3 aromatic heterocycles. The SMILES string of the molecule is Cc1nc2c(N3CC4(CC4)OCC3=O)cc3c(N[C@H](C)c4cccc(C(F)(F)F)c4F)ncnc3n2n1. The maximum Gasteiger partial charge on any atom is 0.419 e. The summed E-state index contributed by atoms with van der Waals surface area (Å²) in [7, 11) is 0. The fraction of sp³-hybridized carbons (Fsp3) is 0.375. The number of carbonyl (C=O) groups is 1. The fourth-order valence-electron chi connectivity index (χ4n) is 4.69. The Morgan fingerprint density at radius 3 is 2.70 bits per heavy atom. The van der Waals surface area contributed by atoms with E-state index in [0.717, 1.165) is 18.9 Å². The molecule has 0 unspecified atom stereocenters. The first-order chi connectivity index (χ1) is 17.6. The largest absolute Gasteiger partial charge is 0.419 e. The molecule has 37 heavy (non-hydrogen) atoms. The van der Waals surface area contributed by atoms with Gasteiger partial charge in [-0.2, -0.15) is 17.7 Å². The minimum atomic E-state index is -4.82. The van der Waals surface area contributed by atoms with Crippen LogP contribution in [-0.2, 0) is 15.7 Å². The maximum absolute atomic E-state index is 14.8. The highest BCUT2D eigenvalue weighted by molar-refractivity contribution is 6.02. The van der Waals surface area contributed by atoms with E-state index < -0.39 is 23.6 Å². The average Bonchev–Trinajstić information content (AvgIpc) is 3.48. The lowest BCUT2D eigenvalue weighted by molar-refractivity contribution is -0.140. The molecule has 1 saturated carbocycles. The minimum Gasteiger partial charge on any atom is -0.363 e. The van der Waals surface area contributed by atoms with Gasteiger partial charge < -0.3 is 15.0 Å². The first-order valence-electron chi connectivity index (χ1n) is 11.6. The first kappa shape index (κ1) is 23.5. The third kappa shape index (κ3) is 3.93. The van der Waals surface area contributed by atoms with E-state index in [2.05, 4.69) is 25.4 Å². The van der Waals surface area contributed by atoms with Crippen molar-refractivity contribution in [3.63, 3.8) is 0 Å². The molecule has 1 spiro atoms. The minimum absolute atomic E-state index is 0.0560. The highest BCUT2D eigenvalue weighted by Crippen LogP contribution is 2.44. The Balaban J connectivity index is 1.46. The van der Waals surface area contributed by atoms with E-state index >= 15 is 0 Å². The van der Waals surface area contributed by atoms with Crippen LogP contribution in [0.4, 0.5) is 29.1 Å². The van der Waals surface area contributed by atoms with Crippen LogP contribution < -0.4 is 10.2 Å². The van der Waals surface area contributed by atoms with E-state index in [-0.39, 0.29) is 29.5 Å². The number of pyridine rings is 1. The lowest BCUT2D eigenvalue weighted by Crippen LogP contribution is -2.48. The number of rotatable bonds is 4. The normalized spacial score (nSPS) is 18.1. The molecule has 1 aromatic carbocycles. The Bertz CT molecular complexity index is 1560. The quantitative estimate of drug-likeness (QED) is 0.407. The second-order valence-electron chi connectivity index (χ2n) is 9.41. The van der Waals surface area contributed by atoms with Gasteiger partial charge >= 0.3 is 6.18 Å². The van der Waals surface area contributed by atoms with Crippen molar-refractivity contribution in [1.82, 2.24) is 24.6 Å². The molecule has 4 heterocycles. The van der Waals surface area contributed by atoms with Crippen LogP contribution in [0.15, 0.2) is 30.6 Å². The molecular weight excluding hydrogens is 494 g/mol. The van der Waals surface area contributed by atoms with Gasteiger partial charge in [-0.15, -0.1) is 5.10 Å². The number of aryl methyl sites for hydroxylation is 1. The predicted molar refractivity (Wildman–Crippen MR) is 125 cm³/mol. The predicted octanol–water partition coefficient (Wildman–Crippen LogP) is 4.21. The van der Waals surface area contributed by atoms with Crippen molar-refractivity contribution < 1.29 is 27.1 Å². The lowest BCUT2D eigenvalue weighted by Gasteiger charge is -2.33. The number of amides is 1. The van der Waals surface area contributed by atoms with Crippen LogP contribution in [0.3, 0.4) is 0 Å². The first-order valence-corrected chi connectivity index (χ1v) is 11.6. The Labute approximate surface area is 207 Å². The van der Waals surface area contributed by atoms with Gasteiger partial charge in [0.2, 0.25) is 0 Å². The van der Waals surface area contributed by atoms with E-state index in [9.17, 15) is 22.4 Å². The molecule has 2 fully saturated rings. The van der Waals surface area contributed by atoms with Gasteiger partial charge in [0.15, 0.2) is 11.3 Å². The van der Waals surface area contributed by atoms with Gasteiger partial charge in [0.05, 0.1) is 34.8 Å². The van der Waals surface area contributed by atoms with Gasteiger partial charge in [0.1, 0.15) is 30.4 Å². The zero-order valence-corrected chi connectivity index (χ0v) is 19.8. The summed E-state index contributed by atoms with van der Waals surface area (Å²) in [5.41, 5.74) is -0.582. The molecule has 1 aliphatic carbocycles. The van der Waals surface area contributed by atoms with Crippen molar-refractivity contribution in [1.29, 1.82) is 0 Å². The number of nitrogens with one attached hydrogen (secondary N) is 1.